The molecular weight excluding hydrogens is 242 g/mol. The Bertz CT molecular complexity index is 581. The first-order valence-electron chi connectivity index (χ1n) is 5.27. The highest BCUT2D eigenvalue weighted by molar-refractivity contribution is 5.67. The molecule has 0 saturated carbocycles. The fraction of sp³-hybridized carbons (Fsp3) is 0.167. The predicted octanol–water partition coefficient (Wildman–Crippen LogP) is 2.17. The second-order valence-corrected chi connectivity index (χ2v) is 3.74. The van der Waals surface area contributed by atoms with Crippen LogP contribution in [0.15, 0.2) is 30.6 Å². The van der Waals surface area contributed by atoms with Crippen LogP contribution < -0.4 is 0 Å². The first-order valence-corrected chi connectivity index (χ1v) is 5.27. The third-order valence-electron chi connectivity index (χ3n) is 2.46. The monoisotopic (exact) mass is 252 g/mol. The summed E-state index contributed by atoms with van der Waals surface area (Å²) in [7, 11) is 0. The number of carboxylic acid groups (broad SMARTS) is 1. The Morgan fingerprint density at radius 1 is 1.39 bits per heavy atom. The lowest BCUT2D eigenvalue weighted by atomic mass is 10.1. The average molecular weight is 252 g/mol. The Balaban J connectivity index is 2.41. The van der Waals surface area contributed by atoms with Gasteiger partial charge in [0.1, 0.15) is 11.5 Å². The van der Waals surface area contributed by atoms with Crippen LogP contribution in [-0.2, 0) is 11.2 Å². The minimum absolute atomic E-state index is 0.0858. The zero-order valence-electron chi connectivity index (χ0n) is 9.31. The summed E-state index contributed by atoms with van der Waals surface area (Å²) < 4.78 is 27.7. The van der Waals surface area contributed by atoms with Crippen molar-refractivity contribution < 1.29 is 18.7 Å². The molecule has 1 aromatic carbocycles. The molecule has 0 bridgehead atoms. The van der Waals surface area contributed by atoms with E-state index in [1.807, 2.05) is 0 Å². The van der Waals surface area contributed by atoms with Gasteiger partial charge < -0.3 is 5.11 Å². The molecule has 2 aromatic rings. The number of halogens is 2. The molecule has 0 atom stereocenters. The second-order valence-electron chi connectivity index (χ2n) is 3.74. The highest BCUT2D eigenvalue weighted by atomic mass is 19.1. The molecule has 0 aliphatic rings. The van der Waals surface area contributed by atoms with Gasteiger partial charge in [0, 0.05) is 6.42 Å². The Kier molecular flexibility index (Phi) is 3.36. The summed E-state index contributed by atoms with van der Waals surface area (Å²) in [4.78, 5) is 10.5. The zero-order chi connectivity index (χ0) is 13.1. The standard InChI is InChI=1S/C12H10F2N2O2/c13-9-6-15-16(7-9)12-8(4-5-11(17)18)2-1-3-10(12)14/h1-3,6-7H,4-5H2,(H,17,18). The molecule has 94 valence electrons. The number of aliphatic carboxylic acids is 1. The quantitative estimate of drug-likeness (QED) is 0.907. The normalized spacial score (nSPS) is 10.6. The molecule has 0 unspecified atom stereocenters. The maximum Gasteiger partial charge on any atom is 0.303 e. The number of nitrogens with zero attached hydrogens (tertiary/aromatic N) is 2. The van der Waals surface area contributed by atoms with Crippen LogP contribution in [0.1, 0.15) is 12.0 Å². The van der Waals surface area contributed by atoms with Crippen LogP contribution in [0.4, 0.5) is 8.78 Å². The van der Waals surface area contributed by atoms with Gasteiger partial charge in [0.2, 0.25) is 0 Å². The average Bonchev–Trinajstić information content (AvgIpc) is 2.72. The lowest BCUT2D eigenvalue weighted by molar-refractivity contribution is -0.136. The van der Waals surface area contributed by atoms with Crippen molar-refractivity contribution in [2.75, 3.05) is 0 Å². The van der Waals surface area contributed by atoms with Gasteiger partial charge in [-0.25, -0.2) is 13.5 Å². The van der Waals surface area contributed by atoms with Gasteiger partial charge in [-0.15, -0.1) is 0 Å². The molecule has 0 fully saturated rings. The molecule has 0 amide bonds. The van der Waals surface area contributed by atoms with Gasteiger partial charge in [-0.1, -0.05) is 12.1 Å². The summed E-state index contributed by atoms with van der Waals surface area (Å²) in [5.41, 5.74) is 0.558. The first-order chi connectivity index (χ1) is 8.58. The fourth-order valence-electron chi connectivity index (χ4n) is 1.68. The molecule has 4 nitrogen and oxygen atoms in total. The van der Waals surface area contributed by atoms with Crippen molar-refractivity contribution in [2.45, 2.75) is 12.8 Å². The molecule has 1 heterocycles. The molecule has 0 radical (unpaired) electrons. The van der Waals surface area contributed by atoms with E-state index in [-0.39, 0.29) is 18.5 Å². The van der Waals surface area contributed by atoms with Gasteiger partial charge in [-0.05, 0) is 18.1 Å². The second kappa shape index (κ2) is 4.95. The molecule has 0 spiro atoms. The summed E-state index contributed by atoms with van der Waals surface area (Å²) in [6.45, 7) is 0. The Hall–Kier alpha value is -2.24. The van der Waals surface area contributed by atoms with Crippen molar-refractivity contribution in [3.05, 3.63) is 47.8 Å². The summed E-state index contributed by atoms with van der Waals surface area (Å²) in [5, 5.41) is 12.3. The number of para-hydroxylation sites is 1. The van der Waals surface area contributed by atoms with Crippen LogP contribution in [-0.4, -0.2) is 20.9 Å². The number of hydrogen-bond donors (Lipinski definition) is 1. The summed E-state index contributed by atoms with van der Waals surface area (Å²) in [6.07, 6.45) is 2.04. The van der Waals surface area contributed by atoms with E-state index in [1.165, 1.54) is 12.1 Å². The summed E-state index contributed by atoms with van der Waals surface area (Å²) >= 11 is 0. The number of rotatable bonds is 4. The largest absolute Gasteiger partial charge is 0.481 e. The highest BCUT2D eigenvalue weighted by Gasteiger charge is 2.13. The van der Waals surface area contributed by atoms with E-state index in [0.717, 1.165) is 17.1 Å². The van der Waals surface area contributed by atoms with Crippen LogP contribution in [0.3, 0.4) is 0 Å². The van der Waals surface area contributed by atoms with Crippen molar-refractivity contribution in [3.63, 3.8) is 0 Å². The van der Waals surface area contributed by atoms with Crippen LogP contribution in [0.5, 0.6) is 0 Å². The lowest BCUT2D eigenvalue weighted by Crippen LogP contribution is -2.06. The Morgan fingerprint density at radius 2 is 2.17 bits per heavy atom. The molecule has 1 aromatic heterocycles. The van der Waals surface area contributed by atoms with Crippen molar-refractivity contribution in [1.29, 1.82) is 0 Å². The smallest absolute Gasteiger partial charge is 0.303 e. The van der Waals surface area contributed by atoms with Crippen molar-refractivity contribution in [1.82, 2.24) is 9.78 Å². The first kappa shape index (κ1) is 12.2. The maximum absolute atomic E-state index is 13.7. The van der Waals surface area contributed by atoms with Gasteiger partial charge in [-0.3, -0.25) is 4.79 Å². The maximum atomic E-state index is 13.7. The number of carbonyl (C=O) groups is 1. The highest BCUT2D eigenvalue weighted by Crippen LogP contribution is 2.20. The SMILES string of the molecule is O=C(O)CCc1cccc(F)c1-n1cc(F)cn1. The van der Waals surface area contributed by atoms with E-state index < -0.39 is 17.6 Å². The third kappa shape index (κ3) is 2.53. The van der Waals surface area contributed by atoms with E-state index in [0.29, 0.717) is 5.56 Å². The number of aromatic nitrogens is 2. The Labute approximate surface area is 101 Å². The summed E-state index contributed by atoms with van der Waals surface area (Å²) in [6, 6.07) is 4.30. The van der Waals surface area contributed by atoms with Gasteiger partial charge in [0.05, 0.1) is 12.4 Å². The Morgan fingerprint density at radius 3 is 2.78 bits per heavy atom. The van der Waals surface area contributed by atoms with E-state index in [4.69, 9.17) is 5.11 Å². The predicted molar refractivity (Wildman–Crippen MR) is 59.4 cm³/mol. The van der Waals surface area contributed by atoms with E-state index in [2.05, 4.69) is 5.10 Å². The van der Waals surface area contributed by atoms with Crippen LogP contribution >= 0.6 is 0 Å². The lowest BCUT2D eigenvalue weighted by Gasteiger charge is -2.09. The van der Waals surface area contributed by atoms with Crippen molar-refractivity contribution in [2.24, 2.45) is 0 Å². The number of benzene rings is 1. The van der Waals surface area contributed by atoms with Gasteiger partial charge in [-0.2, -0.15) is 5.10 Å². The molecule has 0 aliphatic heterocycles. The molecule has 1 N–H and O–H groups in total. The van der Waals surface area contributed by atoms with Crippen LogP contribution in [0.2, 0.25) is 0 Å². The van der Waals surface area contributed by atoms with Crippen LogP contribution in [0, 0.1) is 11.6 Å². The molecule has 0 saturated heterocycles. The van der Waals surface area contributed by atoms with Gasteiger partial charge in [0.15, 0.2) is 5.82 Å². The van der Waals surface area contributed by atoms with E-state index >= 15 is 0 Å². The molecular formula is C12H10F2N2O2. The minimum Gasteiger partial charge on any atom is -0.481 e. The number of hydrogen-bond acceptors (Lipinski definition) is 2. The summed E-state index contributed by atoms with van der Waals surface area (Å²) in [5.74, 6) is -2.12. The molecule has 18 heavy (non-hydrogen) atoms. The fourth-order valence-corrected chi connectivity index (χ4v) is 1.68. The van der Waals surface area contributed by atoms with E-state index in [9.17, 15) is 13.6 Å². The van der Waals surface area contributed by atoms with Crippen LogP contribution in [0.25, 0.3) is 5.69 Å². The van der Waals surface area contributed by atoms with Crippen molar-refractivity contribution in [3.8, 4) is 5.69 Å². The van der Waals surface area contributed by atoms with Gasteiger partial charge in [0.25, 0.3) is 0 Å². The minimum atomic E-state index is -0.975. The molecule has 6 heteroatoms. The number of carboxylic acids is 1. The molecule has 0 aliphatic carbocycles. The van der Waals surface area contributed by atoms with Gasteiger partial charge >= 0.3 is 5.97 Å². The zero-order valence-corrected chi connectivity index (χ0v) is 9.31. The van der Waals surface area contributed by atoms with E-state index in [1.54, 1.807) is 6.07 Å². The van der Waals surface area contributed by atoms with Crippen molar-refractivity contribution >= 4 is 5.97 Å². The number of aryl methyl sites for hydroxylation is 1. The topological polar surface area (TPSA) is 55.1 Å². The third-order valence-corrected chi connectivity index (χ3v) is 2.46. The molecule has 2 rings (SSSR count).